The minimum atomic E-state index is 0.323. The summed E-state index contributed by atoms with van der Waals surface area (Å²) in [5, 5.41) is 0. The van der Waals surface area contributed by atoms with Gasteiger partial charge in [-0.1, -0.05) is 13.8 Å². The van der Waals surface area contributed by atoms with Gasteiger partial charge < -0.3 is 9.80 Å². The van der Waals surface area contributed by atoms with Gasteiger partial charge in [-0.05, 0) is 26.4 Å². The summed E-state index contributed by atoms with van der Waals surface area (Å²) in [6.07, 6.45) is 1.66. The molecule has 1 heterocycles. The lowest BCUT2D eigenvalue weighted by molar-refractivity contribution is -0.130. The summed E-state index contributed by atoms with van der Waals surface area (Å²) < 4.78 is 0. The van der Waals surface area contributed by atoms with E-state index in [0.717, 1.165) is 19.5 Å². The maximum atomic E-state index is 11.7. The van der Waals surface area contributed by atoms with Crippen LogP contribution in [0.4, 0.5) is 0 Å². The number of hydrogen-bond acceptors (Lipinski definition) is 2. The second-order valence-electron chi connectivity index (χ2n) is 4.56. The molecule has 0 radical (unpaired) electrons. The van der Waals surface area contributed by atoms with Gasteiger partial charge in [-0.3, -0.25) is 4.79 Å². The average Bonchev–Trinajstić information content (AvgIpc) is 2.48. The van der Waals surface area contributed by atoms with E-state index < -0.39 is 0 Å². The van der Waals surface area contributed by atoms with E-state index in [4.69, 9.17) is 0 Å². The van der Waals surface area contributed by atoms with Gasteiger partial charge in [0, 0.05) is 25.6 Å². The number of carbonyl (C=O) groups excluding carboxylic acids is 1. The molecule has 1 fully saturated rings. The largest absolute Gasteiger partial charge is 0.341 e. The Hall–Kier alpha value is -0.570. The SMILES string of the molecule is CCCC(=O)N1CC(C)C(N(C)C)C1. The Bertz CT molecular complexity index is 203. The first-order valence-corrected chi connectivity index (χ1v) is 5.50. The zero-order chi connectivity index (χ0) is 10.7. The molecule has 3 nitrogen and oxygen atoms in total. The highest BCUT2D eigenvalue weighted by Crippen LogP contribution is 2.20. The number of hydrogen-bond donors (Lipinski definition) is 0. The molecule has 0 aromatic heterocycles. The smallest absolute Gasteiger partial charge is 0.222 e. The summed E-state index contributed by atoms with van der Waals surface area (Å²) in [6, 6.07) is 0.538. The Morgan fingerprint density at radius 1 is 1.43 bits per heavy atom. The number of rotatable bonds is 3. The van der Waals surface area contributed by atoms with Crippen molar-refractivity contribution in [2.45, 2.75) is 32.7 Å². The monoisotopic (exact) mass is 198 g/mol. The van der Waals surface area contributed by atoms with E-state index >= 15 is 0 Å². The van der Waals surface area contributed by atoms with Gasteiger partial charge in [0.1, 0.15) is 0 Å². The highest BCUT2D eigenvalue weighted by Gasteiger charge is 2.32. The first-order valence-electron chi connectivity index (χ1n) is 5.50. The Morgan fingerprint density at radius 3 is 2.50 bits per heavy atom. The molecule has 1 saturated heterocycles. The predicted octanol–water partition coefficient (Wildman–Crippen LogP) is 1.20. The average molecular weight is 198 g/mol. The molecule has 0 bridgehead atoms. The van der Waals surface area contributed by atoms with Crippen molar-refractivity contribution >= 4 is 5.91 Å². The van der Waals surface area contributed by atoms with Gasteiger partial charge in [-0.2, -0.15) is 0 Å². The van der Waals surface area contributed by atoms with Gasteiger partial charge >= 0.3 is 0 Å². The van der Waals surface area contributed by atoms with E-state index in [0.29, 0.717) is 24.3 Å². The molecule has 0 spiro atoms. The van der Waals surface area contributed by atoms with Crippen LogP contribution in [0.1, 0.15) is 26.7 Å². The van der Waals surface area contributed by atoms with Crippen LogP contribution < -0.4 is 0 Å². The maximum Gasteiger partial charge on any atom is 0.222 e. The van der Waals surface area contributed by atoms with Crippen molar-refractivity contribution in [3.63, 3.8) is 0 Å². The van der Waals surface area contributed by atoms with Gasteiger partial charge in [0.15, 0.2) is 0 Å². The van der Waals surface area contributed by atoms with Crippen LogP contribution >= 0.6 is 0 Å². The third-order valence-corrected chi connectivity index (χ3v) is 3.05. The summed E-state index contributed by atoms with van der Waals surface area (Å²) in [5.74, 6) is 0.925. The van der Waals surface area contributed by atoms with Crippen LogP contribution in [0.15, 0.2) is 0 Å². The van der Waals surface area contributed by atoms with Gasteiger partial charge in [0.2, 0.25) is 5.91 Å². The second kappa shape index (κ2) is 4.78. The molecule has 1 aliphatic rings. The molecule has 3 heteroatoms. The summed E-state index contributed by atoms with van der Waals surface area (Å²) in [4.78, 5) is 15.9. The summed E-state index contributed by atoms with van der Waals surface area (Å²) in [5.41, 5.74) is 0. The minimum absolute atomic E-state index is 0.323. The maximum absolute atomic E-state index is 11.7. The minimum Gasteiger partial charge on any atom is -0.341 e. The van der Waals surface area contributed by atoms with Crippen molar-refractivity contribution in [2.75, 3.05) is 27.2 Å². The fourth-order valence-electron chi connectivity index (χ4n) is 2.20. The first-order chi connectivity index (χ1) is 6.56. The van der Waals surface area contributed by atoms with Crippen LogP contribution in [-0.2, 0) is 4.79 Å². The van der Waals surface area contributed by atoms with E-state index in [-0.39, 0.29) is 0 Å². The van der Waals surface area contributed by atoms with Crippen LogP contribution in [0.5, 0.6) is 0 Å². The molecule has 1 amide bonds. The number of amides is 1. The molecule has 0 saturated carbocycles. The molecular weight excluding hydrogens is 176 g/mol. The lowest BCUT2D eigenvalue weighted by Gasteiger charge is -2.22. The normalized spacial score (nSPS) is 27.4. The Morgan fingerprint density at radius 2 is 2.07 bits per heavy atom. The molecule has 0 N–H and O–H groups in total. The van der Waals surface area contributed by atoms with E-state index in [1.807, 2.05) is 4.90 Å². The Labute approximate surface area is 87.1 Å². The molecule has 1 aliphatic heterocycles. The number of nitrogens with zero attached hydrogens (tertiary/aromatic N) is 2. The molecule has 2 atom stereocenters. The summed E-state index contributed by atoms with van der Waals surface area (Å²) >= 11 is 0. The lowest BCUT2D eigenvalue weighted by atomic mass is 10.1. The third-order valence-electron chi connectivity index (χ3n) is 3.05. The van der Waals surface area contributed by atoms with Crippen molar-refractivity contribution in [1.29, 1.82) is 0 Å². The molecule has 2 unspecified atom stereocenters. The lowest BCUT2D eigenvalue weighted by Crippen LogP contribution is -2.35. The van der Waals surface area contributed by atoms with Crippen molar-refractivity contribution in [3.05, 3.63) is 0 Å². The van der Waals surface area contributed by atoms with Gasteiger partial charge in [0.25, 0.3) is 0 Å². The standard InChI is InChI=1S/C11H22N2O/c1-5-6-11(14)13-7-9(2)10(8-13)12(3)4/h9-10H,5-8H2,1-4H3. The Balaban J connectivity index is 2.50. The highest BCUT2D eigenvalue weighted by atomic mass is 16.2. The molecule has 1 rings (SSSR count). The molecule has 0 aromatic rings. The fraction of sp³-hybridized carbons (Fsp3) is 0.909. The summed E-state index contributed by atoms with van der Waals surface area (Å²) in [6.45, 7) is 6.12. The van der Waals surface area contributed by atoms with E-state index in [1.54, 1.807) is 0 Å². The molecule has 82 valence electrons. The molecular formula is C11H22N2O. The fourth-order valence-corrected chi connectivity index (χ4v) is 2.20. The van der Waals surface area contributed by atoms with Gasteiger partial charge in [-0.15, -0.1) is 0 Å². The number of likely N-dealkylation sites (tertiary alicyclic amines) is 1. The molecule has 0 aromatic carbocycles. The zero-order valence-electron chi connectivity index (χ0n) is 9.79. The third kappa shape index (κ3) is 2.47. The topological polar surface area (TPSA) is 23.6 Å². The zero-order valence-corrected chi connectivity index (χ0v) is 9.79. The van der Waals surface area contributed by atoms with Gasteiger partial charge in [-0.25, -0.2) is 0 Å². The van der Waals surface area contributed by atoms with Crippen molar-refractivity contribution in [1.82, 2.24) is 9.80 Å². The van der Waals surface area contributed by atoms with Crippen molar-refractivity contribution < 1.29 is 4.79 Å². The highest BCUT2D eigenvalue weighted by molar-refractivity contribution is 5.76. The first kappa shape index (κ1) is 11.5. The van der Waals surface area contributed by atoms with E-state index in [9.17, 15) is 4.79 Å². The van der Waals surface area contributed by atoms with E-state index in [2.05, 4.69) is 32.8 Å². The van der Waals surface area contributed by atoms with E-state index in [1.165, 1.54) is 0 Å². The summed E-state index contributed by atoms with van der Waals surface area (Å²) in [7, 11) is 4.18. The van der Waals surface area contributed by atoms with Gasteiger partial charge in [0.05, 0.1) is 0 Å². The van der Waals surface area contributed by atoms with Crippen molar-refractivity contribution in [3.8, 4) is 0 Å². The molecule has 14 heavy (non-hydrogen) atoms. The Kier molecular flexibility index (Phi) is 3.93. The van der Waals surface area contributed by atoms with Crippen LogP contribution in [0.3, 0.4) is 0 Å². The second-order valence-corrected chi connectivity index (χ2v) is 4.56. The van der Waals surface area contributed by atoms with Crippen LogP contribution in [-0.4, -0.2) is 48.9 Å². The number of likely N-dealkylation sites (N-methyl/N-ethyl adjacent to an activating group) is 1. The predicted molar refractivity (Wildman–Crippen MR) is 58.1 cm³/mol. The van der Waals surface area contributed by atoms with Crippen molar-refractivity contribution in [2.24, 2.45) is 5.92 Å². The van der Waals surface area contributed by atoms with Crippen LogP contribution in [0, 0.1) is 5.92 Å². The quantitative estimate of drug-likeness (QED) is 0.680. The molecule has 0 aliphatic carbocycles. The van der Waals surface area contributed by atoms with Crippen LogP contribution in [0.25, 0.3) is 0 Å². The van der Waals surface area contributed by atoms with Crippen LogP contribution in [0.2, 0.25) is 0 Å². The number of carbonyl (C=O) groups is 1.